The topological polar surface area (TPSA) is 59.6 Å². The lowest BCUT2D eigenvalue weighted by Crippen LogP contribution is -2.19. The Morgan fingerprint density at radius 1 is 1.26 bits per heavy atom. The summed E-state index contributed by atoms with van der Waals surface area (Å²) in [4.78, 5) is 11.6. The number of amides is 1. The van der Waals surface area contributed by atoms with Gasteiger partial charge in [0.05, 0.1) is 12.3 Å². The minimum absolute atomic E-state index is 0. The quantitative estimate of drug-likeness (QED) is 0.715. The Kier molecular flexibility index (Phi) is 9.88. The van der Waals surface area contributed by atoms with Crippen LogP contribution in [-0.2, 0) is 9.53 Å². The Morgan fingerprint density at radius 3 is 2.68 bits per heavy atom. The van der Waals surface area contributed by atoms with Crippen LogP contribution in [0.5, 0.6) is 5.75 Å². The maximum atomic E-state index is 11.6. The van der Waals surface area contributed by atoms with Crippen molar-refractivity contribution >= 4 is 24.0 Å². The first-order chi connectivity index (χ1) is 8.77. The van der Waals surface area contributed by atoms with Gasteiger partial charge in [-0.3, -0.25) is 4.79 Å². The van der Waals surface area contributed by atoms with Gasteiger partial charge in [-0.15, -0.1) is 12.4 Å². The van der Waals surface area contributed by atoms with Gasteiger partial charge < -0.3 is 20.1 Å². The molecule has 0 unspecified atom stereocenters. The number of rotatable bonds is 8. The fourth-order valence-electron chi connectivity index (χ4n) is 1.38. The second kappa shape index (κ2) is 10.6. The highest BCUT2D eigenvalue weighted by atomic mass is 35.5. The zero-order valence-corrected chi connectivity index (χ0v) is 12.1. The van der Waals surface area contributed by atoms with Gasteiger partial charge in [0.15, 0.2) is 0 Å². The minimum Gasteiger partial charge on any atom is -0.489 e. The van der Waals surface area contributed by atoms with Crippen LogP contribution in [0, 0.1) is 0 Å². The van der Waals surface area contributed by atoms with E-state index >= 15 is 0 Å². The monoisotopic (exact) mass is 288 g/mol. The van der Waals surface area contributed by atoms with Gasteiger partial charge in [0.1, 0.15) is 12.4 Å². The van der Waals surface area contributed by atoms with Crippen LogP contribution in [0.3, 0.4) is 0 Å². The molecule has 0 radical (unpaired) electrons. The van der Waals surface area contributed by atoms with E-state index in [1.807, 2.05) is 31.3 Å². The lowest BCUT2D eigenvalue weighted by atomic mass is 10.2. The molecule has 2 N–H and O–H groups in total. The number of halogens is 1. The van der Waals surface area contributed by atoms with Gasteiger partial charge >= 0.3 is 0 Å². The molecule has 19 heavy (non-hydrogen) atoms. The summed E-state index contributed by atoms with van der Waals surface area (Å²) in [6.07, 6.45) is 0.433. The van der Waals surface area contributed by atoms with Crippen molar-refractivity contribution in [3.63, 3.8) is 0 Å². The van der Waals surface area contributed by atoms with Crippen molar-refractivity contribution in [2.75, 3.05) is 39.2 Å². The predicted octanol–water partition coefficient (Wildman–Crippen LogP) is 1.68. The molecule has 5 nitrogen and oxygen atoms in total. The first-order valence-corrected chi connectivity index (χ1v) is 5.93. The number of carbonyl (C=O) groups is 1. The molecule has 0 aliphatic heterocycles. The van der Waals surface area contributed by atoms with Crippen molar-refractivity contribution < 1.29 is 14.3 Å². The van der Waals surface area contributed by atoms with Crippen molar-refractivity contribution in [1.82, 2.24) is 5.32 Å². The van der Waals surface area contributed by atoms with Crippen molar-refractivity contribution in [1.29, 1.82) is 0 Å². The summed E-state index contributed by atoms with van der Waals surface area (Å²) < 4.78 is 10.4. The Morgan fingerprint density at radius 2 is 2.00 bits per heavy atom. The van der Waals surface area contributed by atoms with Gasteiger partial charge in [-0.1, -0.05) is 12.1 Å². The number of hydrogen-bond acceptors (Lipinski definition) is 4. The zero-order valence-electron chi connectivity index (χ0n) is 11.3. The highest BCUT2D eigenvalue weighted by molar-refractivity contribution is 5.92. The first-order valence-electron chi connectivity index (χ1n) is 5.93. The van der Waals surface area contributed by atoms with E-state index in [-0.39, 0.29) is 18.3 Å². The molecule has 0 bridgehead atoms. The molecular weight excluding hydrogens is 268 g/mol. The van der Waals surface area contributed by atoms with Crippen LogP contribution in [0.2, 0.25) is 0 Å². The number of ether oxygens (including phenoxy) is 2. The number of hydrogen-bond donors (Lipinski definition) is 2. The largest absolute Gasteiger partial charge is 0.489 e. The standard InChI is InChI=1S/C13H20N2O3.ClH/c1-14-8-7-13(16)15-11-5-3-4-6-12(11)18-10-9-17-2;/h3-6,14H,7-10H2,1-2H3,(H,15,16);1H. The molecule has 0 atom stereocenters. The lowest BCUT2D eigenvalue weighted by Gasteiger charge is -2.12. The molecule has 0 aromatic heterocycles. The number of benzene rings is 1. The smallest absolute Gasteiger partial charge is 0.225 e. The summed E-state index contributed by atoms with van der Waals surface area (Å²) in [7, 11) is 3.43. The Bertz CT molecular complexity index is 375. The van der Waals surface area contributed by atoms with Crippen LogP contribution in [0.4, 0.5) is 5.69 Å². The third-order valence-corrected chi connectivity index (χ3v) is 2.31. The van der Waals surface area contributed by atoms with E-state index in [2.05, 4.69) is 10.6 Å². The van der Waals surface area contributed by atoms with Crippen molar-refractivity contribution in [3.05, 3.63) is 24.3 Å². The molecule has 108 valence electrons. The van der Waals surface area contributed by atoms with Crippen molar-refractivity contribution in [3.8, 4) is 5.75 Å². The fraction of sp³-hybridized carbons (Fsp3) is 0.462. The Hall–Kier alpha value is -1.30. The first kappa shape index (κ1) is 17.7. The van der Waals surface area contributed by atoms with Gasteiger partial charge in [0.25, 0.3) is 0 Å². The number of methoxy groups -OCH3 is 1. The number of nitrogens with one attached hydrogen (secondary N) is 2. The Labute approximate surface area is 120 Å². The zero-order chi connectivity index (χ0) is 13.2. The minimum atomic E-state index is -0.0351. The van der Waals surface area contributed by atoms with Crippen LogP contribution in [0.15, 0.2) is 24.3 Å². The van der Waals surface area contributed by atoms with Crippen LogP contribution in [0.25, 0.3) is 0 Å². The molecule has 1 aromatic carbocycles. The summed E-state index contributed by atoms with van der Waals surface area (Å²) in [6.45, 7) is 1.63. The van der Waals surface area contributed by atoms with Crippen molar-refractivity contribution in [2.24, 2.45) is 0 Å². The van der Waals surface area contributed by atoms with E-state index in [9.17, 15) is 4.79 Å². The average Bonchev–Trinajstić information content (AvgIpc) is 2.38. The second-order valence-electron chi connectivity index (χ2n) is 3.74. The number of carbonyl (C=O) groups excluding carboxylic acids is 1. The molecule has 0 fully saturated rings. The third-order valence-electron chi connectivity index (χ3n) is 2.31. The van der Waals surface area contributed by atoms with E-state index in [1.54, 1.807) is 7.11 Å². The third kappa shape index (κ3) is 7.00. The van der Waals surface area contributed by atoms with Gasteiger partial charge in [-0.2, -0.15) is 0 Å². The summed E-state index contributed by atoms with van der Waals surface area (Å²) in [5.74, 6) is 0.625. The molecule has 6 heteroatoms. The molecule has 0 saturated carbocycles. The van der Waals surface area contributed by atoms with E-state index in [0.717, 1.165) is 0 Å². The summed E-state index contributed by atoms with van der Waals surface area (Å²) >= 11 is 0. The molecule has 1 aromatic rings. The molecule has 1 rings (SSSR count). The summed E-state index contributed by atoms with van der Waals surface area (Å²) in [5.41, 5.74) is 0.690. The number of anilines is 1. The lowest BCUT2D eigenvalue weighted by molar-refractivity contribution is -0.116. The SMILES string of the molecule is CNCCC(=O)Nc1ccccc1OCCOC.Cl. The van der Waals surface area contributed by atoms with Gasteiger partial charge in [0.2, 0.25) is 5.91 Å². The molecule has 0 saturated heterocycles. The number of para-hydroxylation sites is 2. The van der Waals surface area contributed by atoms with E-state index in [0.29, 0.717) is 37.6 Å². The molecular formula is C13H21ClN2O3. The normalized spacial score (nSPS) is 9.58. The summed E-state index contributed by atoms with van der Waals surface area (Å²) in [6, 6.07) is 7.37. The fourth-order valence-corrected chi connectivity index (χ4v) is 1.38. The highest BCUT2D eigenvalue weighted by Gasteiger charge is 2.06. The van der Waals surface area contributed by atoms with Gasteiger partial charge in [0, 0.05) is 20.1 Å². The van der Waals surface area contributed by atoms with Crippen LogP contribution in [-0.4, -0.2) is 39.8 Å². The van der Waals surface area contributed by atoms with Crippen LogP contribution in [0.1, 0.15) is 6.42 Å². The second-order valence-corrected chi connectivity index (χ2v) is 3.74. The predicted molar refractivity (Wildman–Crippen MR) is 78.2 cm³/mol. The maximum absolute atomic E-state index is 11.6. The van der Waals surface area contributed by atoms with Gasteiger partial charge in [-0.05, 0) is 19.2 Å². The van der Waals surface area contributed by atoms with Crippen molar-refractivity contribution in [2.45, 2.75) is 6.42 Å². The highest BCUT2D eigenvalue weighted by Crippen LogP contribution is 2.23. The van der Waals surface area contributed by atoms with E-state index in [4.69, 9.17) is 9.47 Å². The van der Waals surface area contributed by atoms with Gasteiger partial charge in [-0.25, -0.2) is 0 Å². The molecule has 0 spiro atoms. The van der Waals surface area contributed by atoms with Crippen LogP contribution >= 0.6 is 12.4 Å². The Balaban J connectivity index is 0.00000324. The summed E-state index contributed by atoms with van der Waals surface area (Å²) in [5, 5.41) is 5.76. The average molecular weight is 289 g/mol. The molecule has 0 heterocycles. The molecule has 1 amide bonds. The molecule has 0 aliphatic rings. The van der Waals surface area contributed by atoms with Crippen LogP contribution < -0.4 is 15.4 Å². The molecule has 0 aliphatic carbocycles. The van der Waals surface area contributed by atoms with E-state index in [1.165, 1.54) is 0 Å². The van der Waals surface area contributed by atoms with E-state index < -0.39 is 0 Å². The maximum Gasteiger partial charge on any atom is 0.225 e.